The normalized spacial score (nSPS) is 21.3. The van der Waals surface area contributed by atoms with Gasteiger partial charge in [-0.15, -0.1) is 0 Å². The zero-order valence-electron chi connectivity index (χ0n) is 12.5. The van der Waals surface area contributed by atoms with Crippen molar-refractivity contribution in [1.29, 1.82) is 0 Å². The topological polar surface area (TPSA) is 63.4 Å². The highest BCUT2D eigenvalue weighted by Crippen LogP contribution is 2.28. The highest BCUT2D eigenvalue weighted by atomic mass is 32.2. The molecule has 0 radical (unpaired) electrons. The van der Waals surface area contributed by atoms with Crippen LogP contribution in [0.3, 0.4) is 0 Å². The second-order valence-corrected chi connectivity index (χ2v) is 8.11. The van der Waals surface area contributed by atoms with Crippen LogP contribution in [0, 0.1) is 0 Å². The van der Waals surface area contributed by atoms with Gasteiger partial charge in [0.15, 0.2) is 0 Å². The van der Waals surface area contributed by atoms with Gasteiger partial charge in [-0.1, -0.05) is 32.9 Å². The molecule has 0 aromatic heterocycles. The molecular weight excluding hydrogens is 272 g/mol. The average molecular weight is 296 g/mol. The maximum absolute atomic E-state index is 12.5. The molecule has 1 heterocycles. The summed E-state index contributed by atoms with van der Waals surface area (Å²) in [6, 6.07) is 7.24. The predicted molar refractivity (Wildman–Crippen MR) is 81.1 cm³/mol. The minimum absolute atomic E-state index is 0.0388. The second-order valence-electron chi connectivity index (χ2n) is 6.17. The number of sulfonamides is 1. The molecule has 0 saturated carbocycles. The van der Waals surface area contributed by atoms with Gasteiger partial charge in [0.25, 0.3) is 0 Å². The standard InChI is InChI=1S/C15H24N2O2S/c1-4-15(2,3)12-5-7-14(8-6-12)20(18,19)17-10-9-13(16)11-17/h5-8,13H,4,9-11,16H2,1-3H3. The van der Waals surface area contributed by atoms with Crippen LogP contribution in [0.5, 0.6) is 0 Å². The van der Waals surface area contributed by atoms with Gasteiger partial charge < -0.3 is 5.73 Å². The Balaban J connectivity index is 2.26. The lowest BCUT2D eigenvalue weighted by Crippen LogP contribution is -2.32. The number of hydrogen-bond donors (Lipinski definition) is 1. The molecule has 1 saturated heterocycles. The van der Waals surface area contributed by atoms with Crippen molar-refractivity contribution in [3.8, 4) is 0 Å². The Labute approximate surface area is 122 Å². The number of hydrogen-bond acceptors (Lipinski definition) is 3. The molecule has 0 spiro atoms. The van der Waals surface area contributed by atoms with Gasteiger partial charge in [0.2, 0.25) is 10.0 Å². The summed E-state index contributed by atoms with van der Waals surface area (Å²) >= 11 is 0. The lowest BCUT2D eigenvalue weighted by Gasteiger charge is -2.24. The van der Waals surface area contributed by atoms with Crippen molar-refractivity contribution >= 4 is 10.0 Å². The van der Waals surface area contributed by atoms with Crippen molar-refractivity contribution in [2.75, 3.05) is 13.1 Å². The first-order valence-electron chi connectivity index (χ1n) is 7.13. The van der Waals surface area contributed by atoms with Crippen LogP contribution < -0.4 is 5.73 Å². The fourth-order valence-electron chi connectivity index (χ4n) is 2.40. The van der Waals surface area contributed by atoms with Gasteiger partial charge in [-0.2, -0.15) is 4.31 Å². The summed E-state index contributed by atoms with van der Waals surface area (Å²) in [6.45, 7) is 7.40. The Bertz CT molecular complexity index is 564. The van der Waals surface area contributed by atoms with Crippen LogP contribution in [0.4, 0.5) is 0 Å². The first-order chi connectivity index (χ1) is 9.27. The first kappa shape index (κ1) is 15.5. The Morgan fingerprint density at radius 1 is 1.30 bits per heavy atom. The molecule has 20 heavy (non-hydrogen) atoms. The van der Waals surface area contributed by atoms with E-state index in [1.54, 1.807) is 12.1 Å². The summed E-state index contributed by atoms with van der Waals surface area (Å²) in [5, 5.41) is 0. The summed E-state index contributed by atoms with van der Waals surface area (Å²) in [6.07, 6.45) is 1.75. The second kappa shape index (κ2) is 5.47. The van der Waals surface area contributed by atoms with Gasteiger partial charge >= 0.3 is 0 Å². The molecule has 1 aromatic rings. The van der Waals surface area contributed by atoms with Gasteiger partial charge in [0, 0.05) is 19.1 Å². The van der Waals surface area contributed by atoms with Gasteiger partial charge in [0.1, 0.15) is 0 Å². The Morgan fingerprint density at radius 3 is 2.35 bits per heavy atom. The molecule has 0 aliphatic carbocycles. The van der Waals surface area contributed by atoms with E-state index in [0.717, 1.165) is 18.4 Å². The van der Waals surface area contributed by atoms with Gasteiger partial charge in [-0.3, -0.25) is 0 Å². The smallest absolute Gasteiger partial charge is 0.243 e. The zero-order valence-corrected chi connectivity index (χ0v) is 13.3. The molecule has 2 rings (SSSR count). The van der Waals surface area contributed by atoms with E-state index in [1.807, 2.05) is 12.1 Å². The minimum atomic E-state index is -3.39. The molecule has 1 aromatic carbocycles. The fourth-order valence-corrected chi connectivity index (χ4v) is 3.92. The van der Waals surface area contributed by atoms with Crippen molar-refractivity contribution < 1.29 is 8.42 Å². The summed E-state index contributed by atoms with van der Waals surface area (Å²) in [5.41, 5.74) is 7.02. The third-order valence-corrected chi connectivity index (χ3v) is 6.22. The van der Waals surface area contributed by atoms with E-state index in [1.165, 1.54) is 4.31 Å². The molecule has 2 N–H and O–H groups in total. The van der Waals surface area contributed by atoms with Gasteiger partial charge in [-0.25, -0.2) is 8.42 Å². The van der Waals surface area contributed by atoms with Gasteiger partial charge in [-0.05, 0) is 36.0 Å². The van der Waals surface area contributed by atoms with Gasteiger partial charge in [0.05, 0.1) is 4.90 Å². The van der Waals surface area contributed by atoms with Crippen molar-refractivity contribution in [3.63, 3.8) is 0 Å². The summed E-state index contributed by atoms with van der Waals surface area (Å²) in [5.74, 6) is 0. The Morgan fingerprint density at radius 2 is 1.90 bits per heavy atom. The van der Waals surface area contributed by atoms with Crippen LogP contribution in [0.25, 0.3) is 0 Å². The molecule has 0 amide bonds. The van der Waals surface area contributed by atoms with Crippen molar-refractivity contribution in [1.82, 2.24) is 4.31 Å². The Kier molecular flexibility index (Phi) is 4.23. The first-order valence-corrected chi connectivity index (χ1v) is 8.57. The summed E-state index contributed by atoms with van der Waals surface area (Å²) in [4.78, 5) is 0.363. The van der Waals surface area contributed by atoms with Crippen LogP contribution in [-0.2, 0) is 15.4 Å². The molecule has 112 valence electrons. The van der Waals surface area contributed by atoms with Crippen LogP contribution in [0.1, 0.15) is 39.2 Å². The SMILES string of the molecule is CCC(C)(C)c1ccc(S(=O)(=O)N2CCC(N)C2)cc1. The van der Waals surface area contributed by atoms with E-state index in [-0.39, 0.29) is 11.5 Å². The maximum Gasteiger partial charge on any atom is 0.243 e. The van der Waals surface area contributed by atoms with Crippen LogP contribution in [-0.4, -0.2) is 31.9 Å². The molecular formula is C15H24N2O2S. The molecule has 0 bridgehead atoms. The highest BCUT2D eigenvalue weighted by Gasteiger charge is 2.31. The quantitative estimate of drug-likeness (QED) is 0.925. The minimum Gasteiger partial charge on any atom is -0.326 e. The number of nitrogens with zero attached hydrogens (tertiary/aromatic N) is 1. The van der Waals surface area contributed by atoms with E-state index >= 15 is 0 Å². The molecule has 1 aliphatic rings. The molecule has 1 unspecified atom stereocenters. The molecule has 1 fully saturated rings. The third kappa shape index (κ3) is 2.90. The van der Waals surface area contributed by atoms with E-state index in [4.69, 9.17) is 5.73 Å². The third-order valence-electron chi connectivity index (χ3n) is 4.34. The summed E-state index contributed by atoms with van der Waals surface area (Å²) in [7, 11) is -3.39. The van der Waals surface area contributed by atoms with E-state index in [2.05, 4.69) is 20.8 Å². The lowest BCUT2D eigenvalue weighted by molar-refractivity contribution is 0.472. The van der Waals surface area contributed by atoms with E-state index in [9.17, 15) is 8.42 Å². The largest absolute Gasteiger partial charge is 0.326 e. The fraction of sp³-hybridized carbons (Fsp3) is 0.600. The lowest BCUT2D eigenvalue weighted by atomic mass is 9.82. The monoisotopic (exact) mass is 296 g/mol. The highest BCUT2D eigenvalue weighted by molar-refractivity contribution is 7.89. The van der Waals surface area contributed by atoms with E-state index < -0.39 is 10.0 Å². The van der Waals surface area contributed by atoms with Crippen LogP contribution in [0.2, 0.25) is 0 Å². The zero-order chi connectivity index (χ0) is 15.0. The Hall–Kier alpha value is -0.910. The van der Waals surface area contributed by atoms with Crippen molar-refractivity contribution in [3.05, 3.63) is 29.8 Å². The average Bonchev–Trinajstić information content (AvgIpc) is 2.86. The molecule has 4 nitrogen and oxygen atoms in total. The van der Waals surface area contributed by atoms with Crippen LogP contribution >= 0.6 is 0 Å². The molecule has 1 atom stereocenters. The van der Waals surface area contributed by atoms with Crippen LogP contribution in [0.15, 0.2) is 29.2 Å². The number of rotatable bonds is 4. The molecule has 1 aliphatic heterocycles. The molecule has 5 heteroatoms. The number of nitrogens with two attached hydrogens (primary N) is 1. The maximum atomic E-state index is 12.5. The van der Waals surface area contributed by atoms with Crippen molar-refractivity contribution in [2.45, 2.75) is 50.0 Å². The number of benzene rings is 1. The predicted octanol–water partition coefficient (Wildman–Crippen LogP) is 2.10. The summed E-state index contributed by atoms with van der Waals surface area (Å²) < 4.78 is 26.4. The van der Waals surface area contributed by atoms with E-state index in [0.29, 0.717) is 18.0 Å². The van der Waals surface area contributed by atoms with Crippen molar-refractivity contribution in [2.24, 2.45) is 5.73 Å².